The van der Waals surface area contributed by atoms with Crippen molar-refractivity contribution in [3.63, 3.8) is 0 Å². The van der Waals surface area contributed by atoms with Gasteiger partial charge in [0.2, 0.25) is 11.6 Å². The number of rotatable bonds is 3. The fourth-order valence-electron chi connectivity index (χ4n) is 3.32. The molecule has 1 aliphatic rings. The first-order chi connectivity index (χ1) is 12.5. The van der Waals surface area contributed by atoms with Crippen molar-refractivity contribution in [1.82, 2.24) is 0 Å². The predicted molar refractivity (Wildman–Crippen MR) is 98.3 cm³/mol. The van der Waals surface area contributed by atoms with Crippen molar-refractivity contribution >= 4 is 28.9 Å². The monoisotopic (exact) mass is 365 g/mol. The third-order valence-corrected chi connectivity index (χ3v) is 4.87. The Morgan fingerprint density at radius 3 is 1.96 bits per heavy atom. The molecule has 0 aliphatic heterocycles. The van der Waals surface area contributed by atoms with E-state index in [-0.39, 0.29) is 16.6 Å². The lowest BCUT2D eigenvalue weighted by Gasteiger charge is -2.29. The largest absolute Gasteiger partial charge is 0.361 e. The zero-order valence-corrected chi connectivity index (χ0v) is 14.3. The van der Waals surface area contributed by atoms with Crippen molar-refractivity contribution in [2.75, 3.05) is 5.32 Å². The molecule has 5 heteroatoms. The third kappa shape index (κ3) is 2.34. The first-order valence-electron chi connectivity index (χ1n) is 8.01. The second-order valence-corrected chi connectivity index (χ2v) is 6.48. The molecular formula is C21H13ClFNO2. The Bertz CT molecular complexity index is 998. The average Bonchev–Trinajstić information content (AvgIpc) is 2.88. The molecule has 0 aromatic heterocycles. The molecule has 0 fully saturated rings. The molecule has 0 amide bonds. The van der Waals surface area contributed by atoms with E-state index in [0.29, 0.717) is 22.4 Å². The number of Topliss-reactive ketones (excluding diaryl/α,β-unsaturated/α-hetero) is 2. The quantitative estimate of drug-likeness (QED) is 0.674. The highest BCUT2D eigenvalue weighted by molar-refractivity contribution is 6.36. The Kier molecular flexibility index (Phi) is 3.85. The summed E-state index contributed by atoms with van der Waals surface area (Å²) in [4.78, 5) is 26.6. The van der Waals surface area contributed by atoms with Crippen LogP contribution in [0, 0.1) is 5.82 Å². The lowest BCUT2D eigenvalue weighted by Crippen LogP contribution is -2.46. The molecule has 3 nitrogen and oxygen atoms in total. The molecule has 1 aliphatic carbocycles. The van der Waals surface area contributed by atoms with E-state index in [1.54, 1.807) is 54.6 Å². The van der Waals surface area contributed by atoms with Crippen LogP contribution in [0.3, 0.4) is 0 Å². The van der Waals surface area contributed by atoms with E-state index in [4.69, 9.17) is 11.6 Å². The summed E-state index contributed by atoms with van der Waals surface area (Å²) < 4.78 is 13.4. The van der Waals surface area contributed by atoms with E-state index < -0.39 is 11.4 Å². The van der Waals surface area contributed by atoms with Crippen LogP contribution in [-0.4, -0.2) is 11.6 Å². The third-order valence-electron chi connectivity index (χ3n) is 4.56. The number of carbonyl (C=O) groups excluding carboxylic acids is 2. The lowest BCUT2D eigenvalue weighted by molar-refractivity contribution is 0.0819. The molecular weight excluding hydrogens is 353 g/mol. The van der Waals surface area contributed by atoms with E-state index in [0.717, 1.165) is 6.07 Å². The van der Waals surface area contributed by atoms with Gasteiger partial charge in [0.15, 0.2) is 5.54 Å². The summed E-state index contributed by atoms with van der Waals surface area (Å²) in [7, 11) is 0. The summed E-state index contributed by atoms with van der Waals surface area (Å²) >= 11 is 6.14. The van der Waals surface area contributed by atoms with Gasteiger partial charge < -0.3 is 5.32 Å². The van der Waals surface area contributed by atoms with Crippen LogP contribution in [-0.2, 0) is 5.54 Å². The van der Waals surface area contributed by atoms with E-state index in [9.17, 15) is 14.0 Å². The average molecular weight is 366 g/mol. The van der Waals surface area contributed by atoms with E-state index in [2.05, 4.69) is 5.32 Å². The molecule has 3 aromatic rings. The number of fused-ring (bicyclic) bond motifs is 1. The first-order valence-corrected chi connectivity index (χ1v) is 8.39. The van der Waals surface area contributed by atoms with E-state index in [1.807, 2.05) is 0 Å². The van der Waals surface area contributed by atoms with Gasteiger partial charge in [-0.05, 0) is 23.8 Å². The number of halogens is 2. The van der Waals surface area contributed by atoms with Crippen LogP contribution in [0.25, 0.3) is 0 Å². The van der Waals surface area contributed by atoms with Crippen molar-refractivity contribution < 1.29 is 14.0 Å². The molecule has 1 N–H and O–H groups in total. The first kappa shape index (κ1) is 16.5. The fourth-order valence-corrected chi connectivity index (χ4v) is 3.53. The van der Waals surface area contributed by atoms with Crippen LogP contribution in [0.4, 0.5) is 10.1 Å². The van der Waals surface area contributed by atoms with Crippen LogP contribution in [0.2, 0.25) is 5.02 Å². The van der Waals surface area contributed by atoms with Gasteiger partial charge >= 0.3 is 0 Å². The highest BCUT2D eigenvalue weighted by atomic mass is 35.5. The minimum atomic E-state index is -1.63. The van der Waals surface area contributed by atoms with Gasteiger partial charge in [-0.3, -0.25) is 9.59 Å². The Morgan fingerprint density at radius 1 is 0.808 bits per heavy atom. The minimum Gasteiger partial charge on any atom is -0.361 e. The predicted octanol–water partition coefficient (Wildman–Crippen LogP) is 4.87. The maximum Gasteiger partial charge on any atom is 0.201 e. The molecule has 0 spiro atoms. The molecule has 0 heterocycles. The Labute approximate surface area is 154 Å². The maximum atomic E-state index is 13.4. The molecule has 0 bridgehead atoms. The molecule has 128 valence electrons. The SMILES string of the molecule is O=C1c2ccccc2C(=O)C1(Nc1ccc(F)cc1Cl)c1ccccc1. The van der Waals surface area contributed by atoms with Crippen molar-refractivity contribution in [2.45, 2.75) is 5.54 Å². The number of carbonyl (C=O) groups is 2. The van der Waals surface area contributed by atoms with Gasteiger partial charge in [-0.15, -0.1) is 0 Å². The number of hydrogen-bond acceptors (Lipinski definition) is 3. The smallest absolute Gasteiger partial charge is 0.201 e. The zero-order valence-electron chi connectivity index (χ0n) is 13.5. The highest BCUT2D eigenvalue weighted by Crippen LogP contribution is 2.41. The molecule has 26 heavy (non-hydrogen) atoms. The van der Waals surface area contributed by atoms with Gasteiger partial charge in [0.25, 0.3) is 0 Å². The standard InChI is InChI=1S/C21H13ClFNO2/c22-17-12-14(23)10-11-18(17)24-21(13-6-2-1-3-7-13)19(25)15-8-4-5-9-16(15)20(21)26/h1-12,24H. The van der Waals surface area contributed by atoms with Gasteiger partial charge in [0, 0.05) is 11.1 Å². The second-order valence-electron chi connectivity index (χ2n) is 6.07. The van der Waals surface area contributed by atoms with Crippen LogP contribution >= 0.6 is 11.6 Å². The van der Waals surface area contributed by atoms with Crippen molar-refractivity contribution in [2.24, 2.45) is 0 Å². The number of hydrogen-bond donors (Lipinski definition) is 1. The Morgan fingerprint density at radius 2 is 1.38 bits per heavy atom. The summed E-state index contributed by atoms with van der Waals surface area (Å²) in [6.45, 7) is 0. The van der Waals surface area contributed by atoms with Gasteiger partial charge in [-0.2, -0.15) is 0 Å². The summed E-state index contributed by atoms with van der Waals surface area (Å²) in [6, 6.07) is 19.2. The Hall–Kier alpha value is -2.98. The van der Waals surface area contributed by atoms with Crippen molar-refractivity contribution in [1.29, 1.82) is 0 Å². The summed E-state index contributed by atoms with van der Waals surface area (Å²) in [5.41, 5.74) is -0.107. The van der Waals surface area contributed by atoms with Crippen LogP contribution in [0.5, 0.6) is 0 Å². The molecule has 0 unspecified atom stereocenters. The van der Waals surface area contributed by atoms with Crippen LogP contribution < -0.4 is 5.32 Å². The van der Waals surface area contributed by atoms with E-state index in [1.165, 1.54) is 12.1 Å². The lowest BCUT2D eigenvalue weighted by atomic mass is 9.84. The topological polar surface area (TPSA) is 46.2 Å². The molecule has 4 rings (SSSR count). The molecule has 0 saturated carbocycles. The molecule has 0 saturated heterocycles. The van der Waals surface area contributed by atoms with Crippen molar-refractivity contribution in [3.05, 3.63) is 100 Å². The summed E-state index contributed by atoms with van der Waals surface area (Å²) in [5.74, 6) is -1.21. The number of benzene rings is 3. The fraction of sp³-hybridized carbons (Fsp3) is 0.0476. The van der Waals surface area contributed by atoms with Gasteiger partial charge in [-0.25, -0.2) is 4.39 Å². The normalized spacial score (nSPS) is 15.0. The number of nitrogens with one attached hydrogen (secondary N) is 1. The van der Waals surface area contributed by atoms with E-state index >= 15 is 0 Å². The second kappa shape index (κ2) is 6.07. The maximum absolute atomic E-state index is 13.4. The number of anilines is 1. The Balaban J connectivity index is 1.93. The minimum absolute atomic E-state index is 0.0943. The summed E-state index contributed by atoms with van der Waals surface area (Å²) in [6.07, 6.45) is 0. The highest BCUT2D eigenvalue weighted by Gasteiger charge is 2.54. The van der Waals surface area contributed by atoms with Gasteiger partial charge in [0.1, 0.15) is 5.82 Å². The van der Waals surface area contributed by atoms with Crippen LogP contribution in [0.15, 0.2) is 72.8 Å². The molecule has 3 aromatic carbocycles. The summed E-state index contributed by atoms with van der Waals surface area (Å²) in [5, 5.41) is 3.11. The zero-order chi connectivity index (χ0) is 18.3. The van der Waals surface area contributed by atoms with Crippen LogP contribution in [0.1, 0.15) is 26.3 Å². The molecule has 0 radical (unpaired) electrons. The van der Waals surface area contributed by atoms with Gasteiger partial charge in [-0.1, -0.05) is 66.2 Å². The number of ketones is 2. The molecule has 0 atom stereocenters. The van der Waals surface area contributed by atoms with Crippen molar-refractivity contribution in [3.8, 4) is 0 Å². The van der Waals surface area contributed by atoms with Gasteiger partial charge in [0.05, 0.1) is 10.7 Å².